The molecule has 122 valence electrons. The Morgan fingerprint density at radius 3 is 2.92 bits per heavy atom. The van der Waals surface area contributed by atoms with Gasteiger partial charge in [-0.25, -0.2) is 9.78 Å². The van der Waals surface area contributed by atoms with Gasteiger partial charge in [0.15, 0.2) is 17.4 Å². The maximum atomic E-state index is 12.7. The lowest BCUT2D eigenvalue weighted by molar-refractivity contribution is 0.0519. The number of hydrogen-bond donors (Lipinski definition) is 0. The normalized spacial score (nSPS) is 13.8. The molecule has 1 aromatic carbocycles. The van der Waals surface area contributed by atoms with Crippen molar-refractivity contribution in [2.24, 2.45) is 0 Å². The van der Waals surface area contributed by atoms with Crippen molar-refractivity contribution in [3.8, 4) is 6.07 Å². The summed E-state index contributed by atoms with van der Waals surface area (Å²) < 4.78 is 4.89. The first kappa shape index (κ1) is 16.3. The highest BCUT2D eigenvalue weighted by molar-refractivity contribution is 7.10. The molecule has 3 rings (SSSR count). The second-order valence-corrected chi connectivity index (χ2v) is 6.44. The molecule has 1 heterocycles. The number of aryl methyl sites for hydroxylation is 2. The van der Waals surface area contributed by atoms with Crippen molar-refractivity contribution in [3.05, 3.63) is 51.0 Å². The number of carbonyl (C=O) groups excluding carboxylic acids is 2. The number of nitriles is 1. The van der Waals surface area contributed by atoms with Crippen LogP contribution in [-0.2, 0) is 17.6 Å². The number of hydrogen-bond acceptors (Lipinski definition) is 6. The van der Waals surface area contributed by atoms with Gasteiger partial charge in [-0.1, -0.05) is 12.1 Å². The first-order valence-electron chi connectivity index (χ1n) is 7.82. The molecule has 0 saturated heterocycles. The van der Waals surface area contributed by atoms with Gasteiger partial charge in [0.1, 0.15) is 5.01 Å². The third kappa shape index (κ3) is 3.08. The number of ketones is 1. The van der Waals surface area contributed by atoms with Crippen LogP contribution in [0.15, 0.2) is 23.6 Å². The largest absolute Gasteiger partial charge is 0.461 e. The van der Waals surface area contributed by atoms with Gasteiger partial charge in [-0.2, -0.15) is 5.26 Å². The number of aromatic nitrogens is 1. The quantitative estimate of drug-likeness (QED) is 0.616. The number of rotatable bonds is 5. The molecular formula is C18H16N2O3S. The molecule has 1 aromatic heterocycles. The van der Waals surface area contributed by atoms with Crippen LogP contribution in [0.3, 0.4) is 0 Å². The lowest BCUT2D eigenvalue weighted by atomic mass is 9.96. The van der Waals surface area contributed by atoms with Crippen LogP contribution in [0, 0.1) is 11.3 Å². The van der Waals surface area contributed by atoms with E-state index >= 15 is 0 Å². The third-order valence-corrected chi connectivity index (χ3v) is 4.94. The lowest BCUT2D eigenvalue weighted by Crippen LogP contribution is -2.12. The number of esters is 1. The van der Waals surface area contributed by atoms with E-state index in [0.717, 1.165) is 30.6 Å². The van der Waals surface area contributed by atoms with E-state index in [1.807, 2.05) is 18.2 Å². The molecule has 0 bridgehead atoms. The molecule has 0 spiro atoms. The van der Waals surface area contributed by atoms with Gasteiger partial charge in [-0.3, -0.25) is 4.79 Å². The van der Waals surface area contributed by atoms with Crippen LogP contribution >= 0.6 is 11.3 Å². The van der Waals surface area contributed by atoms with Gasteiger partial charge in [-0.15, -0.1) is 11.3 Å². The average molecular weight is 340 g/mol. The Balaban J connectivity index is 1.85. The van der Waals surface area contributed by atoms with Crippen molar-refractivity contribution in [1.82, 2.24) is 4.98 Å². The van der Waals surface area contributed by atoms with Crippen LogP contribution in [0.4, 0.5) is 0 Å². The van der Waals surface area contributed by atoms with E-state index < -0.39 is 11.9 Å². The first-order chi connectivity index (χ1) is 11.6. The van der Waals surface area contributed by atoms with Crippen molar-refractivity contribution in [3.63, 3.8) is 0 Å². The molecule has 0 aliphatic heterocycles. The summed E-state index contributed by atoms with van der Waals surface area (Å²) >= 11 is 1.13. The predicted octanol–water partition coefficient (Wildman–Crippen LogP) is 3.30. The minimum absolute atomic E-state index is 0.138. The molecule has 0 amide bonds. The maximum Gasteiger partial charge on any atom is 0.357 e. The van der Waals surface area contributed by atoms with E-state index in [0.29, 0.717) is 10.6 Å². The van der Waals surface area contributed by atoms with Gasteiger partial charge < -0.3 is 4.74 Å². The average Bonchev–Trinajstić information content (AvgIpc) is 3.24. The summed E-state index contributed by atoms with van der Waals surface area (Å²) in [7, 11) is 0. The van der Waals surface area contributed by atoms with Gasteiger partial charge in [0.25, 0.3) is 0 Å². The summed E-state index contributed by atoms with van der Waals surface area (Å²) in [6, 6.07) is 7.64. The summed E-state index contributed by atoms with van der Waals surface area (Å²) in [6.45, 7) is 1.96. The highest BCUT2D eigenvalue weighted by Crippen LogP contribution is 2.28. The molecule has 0 N–H and O–H groups in total. The van der Waals surface area contributed by atoms with Crippen molar-refractivity contribution >= 4 is 23.1 Å². The standard InChI is InChI=1S/C18H16N2O3S/c1-2-23-18(22)15-10-24-17(20-15)14(9-19)16(21)13-7-6-11-4-3-5-12(11)8-13/h6-8,10,14H,2-5H2,1H3. The molecule has 5 nitrogen and oxygen atoms in total. The molecule has 24 heavy (non-hydrogen) atoms. The zero-order chi connectivity index (χ0) is 17.1. The Morgan fingerprint density at radius 1 is 1.38 bits per heavy atom. The molecule has 0 fully saturated rings. The zero-order valence-electron chi connectivity index (χ0n) is 13.2. The fourth-order valence-corrected chi connectivity index (χ4v) is 3.66. The highest BCUT2D eigenvalue weighted by atomic mass is 32.1. The lowest BCUT2D eigenvalue weighted by Gasteiger charge is -2.07. The number of nitrogens with zero attached hydrogens (tertiary/aromatic N) is 2. The number of ether oxygens (including phenoxy) is 1. The van der Waals surface area contributed by atoms with Crippen LogP contribution in [0.5, 0.6) is 0 Å². The van der Waals surface area contributed by atoms with Crippen molar-refractivity contribution in [1.29, 1.82) is 5.26 Å². The first-order valence-corrected chi connectivity index (χ1v) is 8.70. The maximum absolute atomic E-state index is 12.7. The second-order valence-electron chi connectivity index (χ2n) is 5.55. The van der Waals surface area contributed by atoms with E-state index in [2.05, 4.69) is 4.98 Å². The highest BCUT2D eigenvalue weighted by Gasteiger charge is 2.27. The minimum atomic E-state index is -1.00. The number of benzene rings is 1. The molecule has 1 unspecified atom stereocenters. The summed E-state index contributed by atoms with van der Waals surface area (Å²) in [6.07, 6.45) is 3.11. The van der Waals surface area contributed by atoms with Gasteiger partial charge in [-0.05, 0) is 43.4 Å². The van der Waals surface area contributed by atoms with E-state index in [4.69, 9.17) is 4.74 Å². The molecule has 1 aliphatic rings. The third-order valence-electron chi connectivity index (χ3n) is 4.03. The Bertz CT molecular complexity index is 835. The predicted molar refractivity (Wildman–Crippen MR) is 89.2 cm³/mol. The Morgan fingerprint density at radius 2 is 2.17 bits per heavy atom. The number of Topliss-reactive ketones (excluding diaryl/α,β-unsaturated/α-hetero) is 1. The summed E-state index contributed by atoms with van der Waals surface area (Å²) in [4.78, 5) is 28.5. The summed E-state index contributed by atoms with van der Waals surface area (Å²) in [5.41, 5.74) is 3.12. The van der Waals surface area contributed by atoms with Gasteiger partial charge in [0, 0.05) is 10.9 Å². The topological polar surface area (TPSA) is 80.0 Å². The van der Waals surface area contributed by atoms with E-state index in [9.17, 15) is 14.9 Å². The minimum Gasteiger partial charge on any atom is -0.461 e. The van der Waals surface area contributed by atoms with E-state index in [-0.39, 0.29) is 18.1 Å². The van der Waals surface area contributed by atoms with Crippen molar-refractivity contribution in [2.45, 2.75) is 32.1 Å². The van der Waals surface area contributed by atoms with Crippen LogP contribution in [-0.4, -0.2) is 23.3 Å². The summed E-state index contributed by atoms with van der Waals surface area (Å²) in [5.74, 6) is -1.82. The van der Waals surface area contributed by atoms with E-state index in [1.165, 1.54) is 16.5 Å². The SMILES string of the molecule is CCOC(=O)c1csc(C(C#N)C(=O)c2ccc3c(c2)CCC3)n1. The molecule has 0 saturated carbocycles. The van der Waals surface area contributed by atoms with Gasteiger partial charge >= 0.3 is 5.97 Å². The molecule has 1 atom stereocenters. The molecule has 0 radical (unpaired) electrons. The Kier molecular flexibility index (Phi) is 4.72. The van der Waals surface area contributed by atoms with Gasteiger partial charge in [0.05, 0.1) is 12.7 Å². The fourth-order valence-electron chi connectivity index (χ4n) is 2.84. The fraction of sp³-hybridized carbons (Fsp3) is 0.333. The Labute approximate surface area is 143 Å². The number of thiazole rings is 1. The molecular weight excluding hydrogens is 324 g/mol. The number of carbonyl (C=O) groups is 2. The van der Waals surface area contributed by atoms with Crippen LogP contribution < -0.4 is 0 Å². The molecule has 2 aromatic rings. The van der Waals surface area contributed by atoms with E-state index in [1.54, 1.807) is 13.0 Å². The van der Waals surface area contributed by atoms with Gasteiger partial charge in [0.2, 0.25) is 0 Å². The second kappa shape index (κ2) is 6.93. The monoisotopic (exact) mass is 340 g/mol. The van der Waals surface area contributed by atoms with Crippen LogP contribution in [0.1, 0.15) is 56.2 Å². The Hall–Kier alpha value is -2.52. The molecule has 1 aliphatic carbocycles. The van der Waals surface area contributed by atoms with Crippen molar-refractivity contribution < 1.29 is 14.3 Å². The van der Waals surface area contributed by atoms with Crippen LogP contribution in [0.2, 0.25) is 0 Å². The van der Waals surface area contributed by atoms with Crippen molar-refractivity contribution in [2.75, 3.05) is 6.61 Å². The summed E-state index contributed by atoms with van der Waals surface area (Å²) in [5, 5.41) is 11.3. The zero-order valence-corrected chi connectivity index (χ0v) is 14.1. The number of fused-ring (bicyclic) bond motifs is 1. The smallest absolute Gasteiger partial charge is 0.357 e. The molecule has 6 heteroatoms. The van der Waals surface area contributed by atoms with Crippen LogP contribution in [0.25, 0.3) is 0 Å².